The maximum atomic E-state index is 12.3. The van der Waals surface area contributed by atoms with Gasteiger partial charge in [-0.05, 0) is 65.4 Å². The number of carbonyl (C=O) groups is 1. The van der Waals surface area contributed by atoms with Crippen molar-refractivity contribution in [3.63, 3.8) is 0 Å². The minimum atomic E-state index is -0.517. The molecule has 0 bridgehead atoms. The van der Waals surface area contributed by atoms with Gasteiger partial charge in [-0.1, -0.05) is 68.9 Å². The number of carbonyl (C=O) groups excluding carboxylic acids is 1. The van der Waals surface area contributed by atoms with E-state index in [0.717, 1.165) is 16.9 Å². The maximum absolute atomic E-state index is 12.3. The largest absolute Gasteiger partial charge is 0.503 e. The minimum absolute atomic E-state index is 0.0765. The fraction of sp³-hybridized carbons (Fsp3) is 0.273. The van der Waals surface area contributed by atoms with E-state index in [0.29, 0.717) is 29.3 Å². The summed E-state index contributed by atoms with van der Waals surface area (Å²) in [5.41, 5.74) is 7.42. The van der Waals surface area contributed by atoms with Crippen molar-refractivity contribution in [1.29, 1.82) is 0 Å². The van der Waals surface area contributed by atoms with Crippen LogP contribution < -0.4 is 10.2 Å². The molecule has 0 aromatic heterocycles. The molecule has 3 aromatic carbocycles. The van der Waals surface area contributed by atoms with Crippen LogP contribution >= 0.6 is 0 Å². The van der Waals surface area contributed by atoms with Crippen molar-refractivity contribution < 1.29 is 28.7 Å². The third kappa shape index (κ3) is 8.71. The summed E-state index contributed by atoms with van der Waals surface area (Å²) in [6.45, 7) is 13.0. The van der Waals surface area contributed by atoms with Crippen LogP contribution in [0.5, 0.6) is 11.5 Å². The summed E-state index contributed by atoms with van der Waals surface area (Å²) in [5.74, 6) is 0.923. The van der Waals surface area contributed by atoms with Crippen molar-refractivity contribution in [3.8, 4) is 11.5 Å². The van der Waals surface area contributed by atoms with E-state index in [2.05, 4.69) is 50.1 Å². The Labute approximate surface area is 242 Å². The molecule has 41 heavy (non-hydrogen) atoms. The minimum Gasteiger partial charge on any atom is -0.503 e. The zero-order valence-corrected chi connectivity index (χ0v) is 24.5. The van der Waals surface area contributed by atoms with Gasteiger partial charge in [-0.25, -0.2) is 4.79 Å². The number of allylic oxidation sites excluding steroid dienone is 1. The lowest BCUT2D eigenvalue weighted by molar-refractivity contribution is -0.133. The summed E-state index contributed by atoms with van der Waals surface area (Å²) in [7, 11) is 2.79. The first-order chi connectivity index (χ1) is 19.7. The highest BCUT2D eigenvalue weighted by Gasteiger charge is 2.18. The van der Waals surface area contributed by atoms with Crippen molar-refractivity contribution in [2.45, 2.75) is 39.7 Å². The molecule has 0 atom stereocenters. The molecular formula is C33H38N2O6. The molecule has 0 amide bonds. The van der Waals surface area contributed by atoms with Crippen LogP contribution in [0.25, 0.3) is 5.57 Å². The second kappa shape index (κ2) is 14.7. The van der Waals surface area contributed by atoms with Crippen LogP contribution in [-0.4, -0.2) is 32.5 Å². The van der Waals surface area contributed by atoms with E-state index in [-0.39, 0.29) is 17.6 Å². The Morgan fingerprint density at radius 2 is 1.59 bits per heavy atom. The number of rotatable bonds is 13. The summed E-state index contributed by atoms with van der Waals surface area (Å²) >= 11 is 0. The number of oxime groups is 1. The van der Waals surface area contributed by atoms with Crippen LogP contribution in [0.1, 0.15) is 49.9 Å². The molecular weight excluding hydrogens is 520 g/mol. The van der Waals surface area contributed by atoms with Gasteiger partial charge in [0.05, 0.1) is 26.2 Å². The van der Waals surface area contributed by atoms with E-state index < -0.39 is 5.97 Å². The van der Waals surface area contributed by atoms with Crippen LogP contribution in [0, 0.1) is 0 Å². The zero-order chi connectivity index (χ0) is 29.8. The summed E-state index contributed by atoms with van der Waals surface area (Å²) in [5, 5.41) is 4.24. The van der Waals surface area contributed by atoms with Gasteiger partial charge in [-0.15, -0.1) is 0 Å². The monoisotopic (exact) mass is 558 g/mol. The summed E-state index contributed by atoms with van der Waals surface area (Å²) in [4.78, 5) is 23.4. The first kappa shape index (κ1) is 31.0. The fourth-order valence-electron chi connectivity index (χ4n) is 3.86. The van der Waals surface area contributed by atoms with Crippen molar-refractivity contribution >= 4 is 17.3 Å². The van der Waals surface area contributed by atoms with Crippen LogP contribution in [0.3, 0.4) is 0 Å². The normalized spacial score (nSPS) is 12.0. The average molecular weight is 559 g/mol. The lowest BCUT2D eigenvalue weighted by Gasteiger charge is -2.19. The smallest absolute Gasteiger partial charge is 0.341 e. The molecule has 0 spiro atoms. The van der Waals surface area contributed by atoms with Gasteiger partial charge in [0.15, 0.2) is 0 Å². The topological polar surface area (TPSA) is 87.6 Å². The number of hydrogen-bond donors (Lipinski definition) is 1. The Morgan fingerprint density at radius 1 is 0.951 bits per heavy atom. The molecule has 0 saturated carbocycles. The Morgan fingerprint density at radius 3 is 2.17 bits per heavy atom. The summed E-state index contributed by atoms with van der Waals surface area (Å²) in [6.07, 6.45) is 1.35. The van der Waals surface area contributed by atoms with Gasteiger partial charge < -0.3 is 19.0 Å². The van der Waals surface area contributed by atoms with Crippen LogP contribution in [0.2, 0.25) is 0 Å². The van der Waals surface area contributed by atoms with E-state index in [1.54, 1.807) is 6.07 Å². The number of nitrogens with one attached hydrogen (secondary N) is 1. The zero-order valence-electron chi connectivity index (χ0n) is 24.5. The molecule has 0 heterocycles. The van der Waals surface area contributed by atoms with Crippen molar-refractivity contribution in [3.05, 3.63) is 114 Å². The maximum Gasteiger partial charge on any atom is 0.341 e. The lowest BCUT2D eigenvalue weighted by atomic mass is 9.87. The number of benzene rings is 3. The van der Waals surface area contributed by atoms with Crippen molar-refractivity contribution in [2.24, 2.45) is 5.16 Å². The number of hydroxylamine groups is 1. The van der Waals surface area contributed by atoms with Crippen LogP contribution in [-0.2, 0) is 36.0 Å². The van der Waals surface area contributed by atoms with E-state index in [1.165, 1.54) is 26.0 Å². The summed E-state index contributed by atoms with van der Waals surface area (Å²) in [6, 6.07) is 22.9. The van der Waals surface area contributed by atoms with Crippen molar-refractivity contribution in [2.75, 3.05) is 20.8 Å². The van der Waals surface area contributed by atoms with E-state index in [9.17, 15) is 4.79 Å². The molecule has 3 aromatic rings. The second-order valence-electron chi connectivity index (χ2n) is 10.0. The van der Waals surface area contributed by atoms with Crippen LogP contribution in [0.4, 0.5) is 0 Å². The van der Waals surface area contributed by atoms with Crippen molar-refractivity contribution in [1.82, 2.24) is 5.48 Å². The van der Waals surface area contributed by atoms with Gasteiger partial charge in [0, 0.05) is 5.56 Å². The molecule has 0 unspecified atom stereocenters. The Hall–Kier alpha value is -4.56. The first-order valence-electron chi connectivity index (χ1n) is 13.2. The van der Waals surface area contributed by atoms with Gasteiger partial charge in [0.1, 0.15) is 36.0 Å². The van der Waals surface area contributed by atoms with E-state index >= 15 is 0 Å². The van der Waals surface area contributed by atoms with E-state index in [4.69, 9.17) is 23.9 Å². The van der Waals surface area contributed by atoms with Gasteiger partial charge in [-0.3, -0.25) is 10.3 Å². The number of esters is 1. The quantitative estimate of drug-likeness (QED) is 0.0802. The third-order valence-corrected chi connectivity index (χ3v) is 6.03. The predicted octanol–water partition coefficient (Wildman–Crippen LogP) is 6.91. The molecule has 0 aliphatic carbocycles. The van der Waals surface area contributed by atoms with Gasteiger partial charge in [-0.2, -0.15) is 0 Å². The van der Waals surface area contributed by atoms with Crippen LogP contribution in [0.15, 0.2) is 96.5 Å². The second-order valence-corrected chi connectivity index (χ2v) is 10.0. The Kier molecular flexibility index (Phi) is 11.1. The molecule has 0 fully saturated rings. The fourth-order valence-corrected chi connectivity index (χ4v) is 3.86. The van der Waals surface area contributed by atoms with Gasteiger partial charge in [0.2, 0.25) is 0 Å². The third-order valence-electron chi connectivity index (χ3n) is 6.03. The average Bonchev–Trinajstić information content (AvgIpc) is 2.96. The molecule has 1 N–H and O–H groups in total. The SMILES string of the molecule is C=C(NOCc1ccccc1C(=COC)C(=O)OC)C(=NOCC)c1ccc(Oc2ccc(C(C)(C)C)cc2)cc1. The molecule has 0 radical (unpaired) electrons. The van der Waals surface area contributed by atoms with Gasteiger partial charge in [0.25, 0.3) is 0 Å². The molecule has 3 rings (SSSR count). The highest BCUT2D eigenvalue weighted by atomic mass is 16.6. The lowest BCUT2D eigenvalue weighted by Crippen LogP contribution is -2.21. The molecule has 0 saturated heterocycles. The highest BCUT2D eigenvalue weighted by Crippen LogP contribution is 2.27. The summed E-state index contributed by atoms with van der Waals surface area (Å²) < 4.78 is 16.0. The van der Waals surface area contributed by atoms with Gasteiger partial charge >= 0.3 is 5.97 Å². The standard InChI is InChI=1S/C33H38N2O6/c1-8-39-35-31(24-13-17-27(18-14-24)41-28-19-15-26(16-20-28)33(3,4)5)23(2)34-40-21-25-11-9-10-12-29(25)30(22-37-6)32(36)38-7/h9-20,22,34H,2,8,21H2,1,3-7H3. The molecule has 8 nitrogen and oxygen atoms in total. The molecule has 0 aliphatic heterocycles. The number of nitrogens with zero attached hydrogens (tertiary/aromatic N) is 1. The number of methoxy groups -OCH3 is 2. The molecule has 8 heteroatoms. The molecule has 216 valence electrons. The highest BCUT2D eigenvalue weighted by molar-refractivity contribution is 6.16. The number of ether oxygens (including phenoxy) is 3. The number of hydrogen-bond acceptors (Lipinski definition) is 8. The molecule has 0 aliphatic rings. The predicted molar refractivity (Wildman–Crippen MR) is 160 cm³/mol. The first-order valence-corrected chi connectivity index (χ1v) is 13.2. The Balaban J connectivity index is 1.69. The Bertz CT molecular complexity index is 1370. The van der Waals surface area contributed by atoms with E-state index in [1.807, 2.05) is 61.5 Å².